The fourth-order valence-electron chi connectivity index (χ4n) is 3.58. The van der Waals surface area contributed by atoms with Crippen molar-refractivity contribution in [3.8, 4) is 17.3 Å². The monoisotopic (exact) mass is 367 g/mol. The van der Waals surface area contributed by atoms with E-state index in [1.165, 1.54) is 0 Å². The Morgan fingerprint density at radius 1 is 1.22 bits per heavy atom. The molecule has 1 aromatic carbocycles. The van der Waals surface area contributed by atoms with E-state index < -0.39 is 0 Å². The van der Waals surface area contributed by atoms with Gasteiger partial charge in [-0.25, -0.2) is 9.67 Å². The average Bonchev–Trinajstić information content (AvgIpc) is 3.33. The van der Waals surface area contributed by atoms with Gasteiger partial charge in [0.05, 0.1) is 18.3 Å². The molecule has 3 aromatic rings. The smallest absolute Gasteiger partial charge is 0.217 e. The van der Waals surface area contributed by atoms with Crippen molar-refractivity contribution in [2.45, 2.75) is 31.3 Å². The highest BCUT2D eigenvalue weighted by atomic mass is 16.3. The number of aromatic nitrogens is 3. The fraction of sp³-hybridized carbons (Fsp3) is 0.400. The van der Waals surface area contributed by atoms with Gasteiger partial charge in [0.1, 0.15) is 11.6 Å². The zero-order valence-electron chi connectivity index (χ0n) is 15.5. The van der Waals surface area contributed by atoms with E-state index in [1.54, 1.807) is 18.4 Å². The average molecular weight is 367 g/mol. The summed E-state index contributed by atoms with van der Waals surface area (Å²) < 4.78 is 7.50. The van der Waals surface area contributed by atoms with E-state index in [1.807, 2.05) is 28.9 Å². The Morgan fingerprint density at radius 3 is 2.63 bits per heavy atom. The number of hydrogen-bond acceptors (Lipinski definition) is 6. The largest absolute Gasteiger partial charge is 0.508 e. The summed E-state index contributed by atoms with van der Waals surface area (Å²) in [5.74, 6) is 2.26. The first-order chi connectivity index (χ1) is 13.1. The standard InChI is InChI=1S/C20H25N5O2/c1-24-10-8-15(9-11-24)25-20(22-19(23-25)18-3-2-12-27-18)17(21)13-14-4-6-16(26)7-5-14/h2-7,12,15,17,26H,8-11,13,21H2,1H3/t17-/m0/s1. The maximum atomic E-state index is 9.48. The summed E-state index contributed by atoms with van der Waals surface area (Å²) in [4.78, 5) is 7.06. The van der Waals surface area contributed by atoms with Crippen molar-refractivity contribution in [3.05, 3.63) is 54.0 Å². The SMILES string of the molecule is CN1CCC(n2nc(-c3ccco3)nc2[C@@H](N)Cc2ccc(O)cc2)CC1. The van der Waals surface area contributed by atoms with Gasteiger partial charge in [0.2, 0.25) is 5.82 Å². The molecular weight excluding hydrogens is 342 g/mol. The molecule has 0 amide bonds. The number of likely N-dealkylation sites (tertiary alicyclic amines) is 1. The second-order valence-corrected chi connectivity index (χ2v) is 7.23. The van der Waals surface area contributed by atoms with Crippen molar-refractivity contribution < 1.29 is 9.52 Å². The molecule has 7 nitrogen and oxygen atoms in total. The Kier molecular flexibility index (Phi) is 4.96. The quantitative estimate of drug-likeness (QED) is 0.720. The van der Waals surface area contributed by atoms with E-state index in [0.29, 0.717) is 24.0 Å². The number of nitrogens with two attached hydrogens (primary N) is 1. The van der Waals surface area contributed by atoms with Crippen molar-refractivity contribution >= 4 is 0 Å². The lowest BCUT2D eigenvalue weighted by atomic mass is 10.0. The Balaban J connectivity index is 1.63. The van der Waals surface area contributed by atoms with Crippen LogP contribution < -0.4 is 5.73 Å². The lowest BCUT2D eigenvalue weighted by Crippen LogP contribution is -2.33. The van der Waals surface area contributed by atoms with E-state index in [2.05, 4.69) is 11.9 Å². The minimum atomic E-state index is -0.287. The van der Waals surface area contributed by atoms with Crippen LogP contribution in [0.3, 0.4) is 0 Å². The summed E-state index contributed by atoms with van der Waals surface area (Å²) in [6.45, 7) is 2.07. The first kappa shape index (κ1) is 17.8. The van der Waals surface area contributed by atoms with E-state index in [-0.39, 0.29) is 11.8 Å². The molecular formula is C20H25N5O2. The number of rotatable bonds is 5. The minimum Gasteiger partial charge on any atom is -0.508 e. The van der Waals surface area contributed by atoms with Crippen LogP contribution in [0.15, 0.2) is 47.1 Å². The predicted octanol–water partition coefficient (Wildman–Crippen LogP) is 2.75. The summed E-state index contributed by atoms with van der Waals surface area (Å²) >= 11 is 0. The number of piperidine rings is 1. The molecule has 3 N–H and O–H groups in total. The van der Waals surface area contributed by atoms with E-state index >= 15 is 0 Å². The van der Waals surface area contributed by atoms with Crippen LogP contribution in [-0.4, -0.2) is 44.9 Å². The highest BCUT2D eigenvalue weighted by Crippen LogP contribution is 2.28. The van der Waals surface area contributed by atoms with Crippen LogP contribution in [0, 0.1) is 0 Å². The Bertz CT molecular complexity index is 864. The summed E-state index contributed by atoms with van der Waals surface area (Å²) in [6, 6.07) is 10.8. The van der Waals surface area contributed by atoms with Crippen LogP contribution in [0.5, 0.6) is 5.75 Å². The number of furan rings is 1. The van der Waals surface area contributed by atoms with Gasteiger partial charge in [-0.3, -0.25) is 0 Å². The number of aromatic hydroxyl groups is 1. The normalized spacial score (nSPS) is 17.3. The number of phenolic OH excluding ortho intramolecular Hbond substituents is 1. The number of benzene rings is 1. The topological polar surface area (TPSA) is 93.3 Å². The van der Waals surface area contributed by atoms with Crippen LogP contribution in [0.2, 0.25) is 0 Å². The summed E-state index contributed by atoms with van der Waals surface area (Å²) in [5.41, 5.74) is 7.59. The lowest BCUT2D eigenvalue weighted by molar-refractivity contribution is 0.208. The molecule has 7 heteroatoms. The van der Waals surface area contributed by atoms with Gasteiger partial charge >= 0.3 is 0 Å². The van der Waals surface area contributed by atoms with Crippen molar-refractivity contribution in [2.75, 3.05) is 20.1 Å². The maximum Gasteiger partial charge on any atom is 0.217 e. The molecule has 0 bridgehead atoms. The molecule has 0 aliphatic carbocycles. The third-order valence-electron chi connectivity index (χ3n) is 5.16. The predicted molar refractivity (Wildman–Crippen MR) is 102 cm³/mol. The fourth-order valence-corrected chi connectivity index (χ4v) is 3.58. The molecule has 3 heterocycles. The van der Waals surface area contributed by atoms with Crippen molar-refractivity contribution in [2.24, 2.45) is 5.73 Å². The molecule has 0 radical (unpaired) electrons. The first-order valence-corrected chi connectivity index (χ1v) is 9.32. The van der Waals surface area contributed by atoms with E-state index in [4.69, 9.17) is 20.2 Å². The molecule has 0 unspecified atom stereocenters. The molecule has 1 fully saturated rings. The number of nitrogens with zero attached hydrogens (tertiary/aromatic N) is 4. The van der Waals surface area contributed by atoms with Gasteiger partial charge in [-0.15, -0.1) is 5.10 Å². The van der Waals surface area contributed by atoms with Gasteiger partial charge in [-0.05, 0) is 69.2 Å². The zero-order chi connectivity index (χ0) is 18.8. The summed E-state index contributed by atoms with van der Waals surface area (Å²) in [6.07, 6.45) is 4.30. The second-order valence-electron chi connectivity index (χ2n) is 7.23. The van der Waals surface area contributed by atoms with Gasteiger partial charge in [0.25, 0.3) is 0 Å². The van der Waals surface area contributed by atoms with Gasteiger partial charge < -0.3 is 20.2 Å². The summed E-state index contributed by atoms with van der Waals surface area (Å²) in [5, 5.41) is 14.2. The molecule has 27 heavy (non-hydrogen) atoms. The molecule has 2 aromatic heterocycles. The molecule has 0 saturated carbocycles. The second kappa shape index (κ2) is 7.54. The van der Waals surface area contributed by atoms with E-state index in [9.17, 15) is 5.11 Å². The van der Waals surface area contributed by atoms with Gasteiger partial charge in [-0.2, -0.15) is 0 Å². The van der Waals surface area contributed by atoms with Gasteiger partial charge in [-0.1, -0.05) is 12.1 Å². The Labute approximate surface area is 158 Å². The van der Waals surface area contributed by atoms with Crippen LogP contribution in [0.1, 0.15) is 36.3 Å². The summed E-state index contributed by atoms with van der Waals surface area (Å²) in [7, 11) is 2.14. The van der Waals surface area contributed by atoms with Crippen LogP contribution in [0.4, 0.5) is 0 Å². The third kappa shape index (κ3) is 3.89. The molecule has 1 atom stereocenters. The third-order valence-corrected chi connectivity index (χ3v) is 5.16. The minimum absolute atomic E-state index is 0.252. The number of hydrogen-bond donors (Lipinski definition) is 2. The van der Waals surface area contributed by atoms with E-state index in [0.717, 1.165) is 37.3 Å². The zero-order valence-corrected chi connectivity index (χ0v) is 15.5. The van der Waals surface area contributed by atoms with Crippen LogP contribution in [-0.2, 0) is 6.42 Å². The molecule has 1 aliphatic rings. The van der Waals surface area contributed by atoms with Crippen molar-refractivity contribution in [1.82, 2.24) is 19.7 Å². The number of phenols is 1. The molecule has 1 aliphatic heterocycles. The highest BCUT2D eigenvalue weighted by Gasteiger charge is 2.26. The van der Waals surface area contributed by atoms with Crippen molar-refractivity contribution in [1.29, 1.82) is 0 Å². The van der Waals surface area contributed by atoms with Crippen LogP contribution in [0.25, 0.3) is 11.6 Å². The molecule has 0 spiro atoms. The molecule has 142 valence electrons. The van der Waals surface area contributed by atoms with Gasteiger partial charge in [0.15, 0.2) is 5.76 Å². The van der Waals surface area contributed by atoms with Crippen molar-refractivity contribution in [3.63, 3.8) is 0 Å². The maximum absolute atomic E-state index is 9.48. The molecule has 4 rings (SSSR count). The van der Waals surface area contributed by atoms with Crippen LogP contribution >= 0.6 is 0 Å². The van der Waals surface area contributed by atoms with Gasteiger partial charge in [0, 0.05) is 0 Å². The Hall–Kier alpha value is -2.64. The first-order valence-electron chi connectivity index (χ1n) is 9.32. The lowest BCUT2D eigenvalue weighted by Gasteiger charge is -2.30. The highest BCUT2D eigenvalue weighted by molar-refractivity contribution is 5.45. The Morgan fingerprint density at radius 2 is 1.96 bits per heavy atom. The molecule has 1 saturated heterocycles.